The fraction of sp³-hybridized carbons (Fsp3) is 0.545. The van der Waals surface area contributed by atoms with Gasteiger partial charge in [-0.3, -0.25) is 0 Å². The third-order valence-electron chi connectivity index (χ3n) is 5.54. The molecule has 0 aromatic heterocycles. The number of benzene rings is 1. The zero-order chi connectivity index (χ0) is 16.8. The van der Waals surface area contributed by atoms with Crippen LogP contribution in [0.15, 0.2) is 53.3 Å². The quantitative estimate of drug-likeness (QED) is 0.725. The summed E-state index contributed by atoms with van der Waals surface area (Å²) < 4.78 is 0. The Labute approximate surface area is 149 Å². The fourth-order valence-corrected chi connectivity index (χ4v) is 7.51. The lowest BCUT2D eigenvalue weighted by Crippen LogP contribution is -2.46. The molecule has 0 heterocycles. The van der Waals surface area contributed by atoms with Gasteiger partial charge >= 0.3 is 0 Å². The first kappa shape index (κ1) is 17.7. The van der Waals surface area contributed by atoms with Crippen molar-refractivity contribution in [2.24, 2.45) is 5.92 Å². The first-order valence-electron chi connectivity index (χ1n) is 9.91. The van der Waals surface area contributed by atoms with E-state index < -0.39 is 8.80 Å². The fourth-order valence-electron chi connectivity index (χ4n) is 4.29. The summed E-state index contributed by atoms with van der Waals surface area (Å²) in [5, 5.41) is 7.37. The molecule has 0 radical (unpaired) electrons. The summed E-state index contributed by atoms with van der Waals surface area (Å²) in [6.45, 7) is 4.69. The average molecular weight is 340 g/mol. The monoisotopic (exact) mass is 339 g/mol. The number of nitrogens with one attached hydrogen (secondary N) is 1. The highest BCUT2D eigenvalue weighted by Crippen LogP contribution is 2.27. The van der Waals surface area contributed by atoms with Crippen LogP contribution >= 0.6 is 0 Å². The van der Waals surface area contributed by atoms with Crippen LogP contribution in [0.1, 0.15) is 58.8 Å². The molecule has 0 spiro atoms. The SMILES string of the molecule is CC(C)CC1=C([SiH](CNC2CCCCC2)c2ccccc2)CC=C1. The Morgan fingerprint density at radius 1 is 1.08 bits per heavy atom. The van der Waals surface area contributed by atoms with Crippen molar-refractivity contribution < 1.29 is 0 Å². The van der Waals surface area contributed by atoms with E-state index in [2.05, 4.69) is 61.6 Å². The molecule has 0 amide bonds. The van der Waals surface area contributed by atoms with Crippen LogP contribution in [-0.4, -0.2) is 21.0 Å². The van der Waals surface area contributed by atoms with Gasteiger partial charge in [0.25, 0.3) is 0 Å². The van der Waals surface area contributed by atoms with Crippen LogP contribution in [-0.2, 0) is 0 Å². The van der Waals surface area contributed by atoms with Crippen molar-refractivity contribution in [2.45, 2.75) is 64.8 Å². The molecule has 0 aliphatic heterocycles. The molecule has 2 aliphatic carbocycles. The summed E-state index contributed by atoms with van der Waals surface area (Å²) in [6, 6.07) is 12.1. The topological polar surface area (TPSA) is 12.0 Å². The second kappa shape index (κ2) is 8.82. The third-order valence-corrected chi connectivity index (χ3v) is 8.82. The number of allylic oxidation sites excluding steroid dienone is 4. The Morgan fingerprint density at radius 2 is 1.83 bits per heavy atom. The highest BCUT2D eigenvalue weighted by atomic mass is 28.3. The van der Waals surface area contributed by atoms with Gasteiger partial charge in [-0.1, -0.05) is 91.6 Å². The van der Waals surface area contributed by atoms with Crippen molar-refractivity contribution in [1.29, 1.82) is 0 Å². The minimum atomic E-state index is -1.13. The lowest BCUT2D eigenvalue weighted by atomic mass is 9.96. The summed E-state index contributed by atoms with van der Waals surface area (Å²) in [4.78, 5) is 0. The van der Waals surface area contributed by atoms with Gasteiger partial charge in [-0.25, -0.2) is 0 Å². The van der Waals surface area contributed by atoms with Crippen molar-refractivity contribution in [1.82, 2.24) is 5.32 Å². The van der Waals surface area contributed by atoms with E-state index in [1.807, 2.05) is 0 Å². The minimum Gasteiger partial charge on any atom is -0.316 e. The summed E-state index contributed by atoms with van der Waals surface area (Å²) in [5.74, 6) is 0.745. The van der Waals surface area contributed by atoms with Crippen LogP contribution in [0.5, 0.6) is 0 Å². The van der Waals surface area contributed by atoms with Gasteiger partial charge in [-0.05, 0) is 37.8 Å². The molecule has 1 nitrogen and oxygen atoms in total. The number of hydrogen-bond donors (Lipinski definition) is 1. The van der Waals surface area contributed by atoms with Gasteiger partial charge in [-0.2, -0.15) is 0 Å². The highest BCUT2D eigenvalue weighted by molar-refractivity contribution is 6.80. The van der Waals surface area contributed by atoms with Crippen LogP contribution < -0.4 is 10.5 Å². The molecule has 1 N–H and O–H groups in total. The summed E-state index contributed by atoms with van der Waals surface area (Å²) in [5.41, 5.74) is 1.65. The molecule has 1 aromatic carbocycles. The molecular formula is C22H33NSi. The van der Waals surface area contributed by atoms with Crippen LogP contribution in [0.2, 0.25) is 0 Å². The zero-order valence-corrected chi connectivity index (χ0v) is 16.6. The largest absolute Gasteiger partial charge is 0.316 e. The molecule has 130 valence electrons. The smallest absolute Gasteiger partial charge is 0.112 e. The van der Waals surface area contributed by atoms with Crippen LogP contribution in [0, 0.1) is 5.92 Å². The molecule has 1 aromatic rings. The Morgan fingerprint density at radius 3 is 2.54 bits per heavy atom. The predicted octanol–water partition coefficient (Wildman–Crippen LogP) is 4.42. The predicted molar refractivity (Wildman–Crippen MR) is 108 cm³/mol. The van der Waals surface area contributed by atoms with E-state index in [1.165, 1.54) is 51.1 Å². The number of rotatable bonds is 7. The second-order valence-electron chi connectivity index (χ2n) is 7.96. The molecule has 1 fully saturated rings. The van der Waals surface area contributed by atoms with Gasteiger partial charge in [0.1, 0.15) is 8.80 Å². The maximum absolute atomic E-state index is 3.97. The van der Waals surface area contributed by atoms with Gasteiger partial charge in [0, 0.05) is 6.04 Å². The summed E-state index contributed by atoms with van der Waals surface area (Å²) >= 11 is 0. The van der Waals surface area contributed by atoms with Gasteiger partial charge in [0.15, 0.2) is 0 Å². The van der Waals surface area contributed by atoms with Crippen molar-refractivity contribution in [3.8, 4) is 0 Å². The van der Waals surface area contributed by atoms with Crippen molar-refractivity contribution >= 4 is 14.0 Å². The molecule has 1 atom stereocenters. The zero-order valence-electron chi connectivity index (χ0n) is 15.4. The van der Waals surface area contributed by atoms with Crippen LogP contribution in [0.4, 0.5) is 0 Å². The van der Waals surface area contributed by atoms with E-state index in [0.29, 0.717) is 0 Å². The Balaban J connectivity index is 1.77. The lowest BCUT2D eigenvalue weighted by Gasteiger charge is -2.27. The van der Waals surface area contributed by atoms with Crippen LogP contribution in [0.3, 0.4) is 0 Å². The Bertz CT molecular complexity index is 567. The molecular weight excluding hydrogens is 306 g/mol. The van der Waals surface area contributed by atoms with Crippen molar-refractivity contribution in [3.63, 3.8) is 0 Å². The summed E-state index contributed by atoms with van der Waals surface area (Å²) in [7, 11) is -1.13. The normalized spacial score (nSPS) is 20.1. The molecule has 24 heavy (non-hydrogen) atoms. The van der Waals surface area contributed by atoms with Gasteiger partial charge in [0.05, 0.1) is 0 Å². The van der Waals surface area contributed by atoms with E-state index in [0.717, 1.165) is 12.0 Å². The molecule has 1 saturated carbocycles. The maximum atomic E-state index is 3.97. The number of hydrogen-bond acceptors (Lipinski definition) is 1. The van der Waals surface area contributed by atoms with E-state index in [9.17, 15) is 0 Å². The Hall–Kier alpha value is -1.12. The molecule has 0 bridgehead atoms. The molecule has 2 aliphatic rings. The highest BCUT2D eigenvalue weighted by Gasteiger charge is 2.24. The van der Waals surface area contributed by atoms with Crippen molar-refractivity contribution in [2.75, 3.05) is 6.17 Å². The van der Waals surface area contributed by atoms with E-state index >= 15 is 0 Å². The first-order valence-corrected chi connectivity index (χ1v) is 11.9. The van der Waals surface area contributed by atoms with Crippen LogP contribution in [0.25, 0.3) is 0 Å². The third kappa shape index (κ3) is 4.70. The lowest BCUT2D eigenvalue weighted by molar-refractivity contribution is 0.389. The van der Waals surface area contributed by atoms with Gasteiger partial charge in [0.2, 0.25) is 0 Å². The second-order valence-corrected chi connectivity index (χ2v) is 10.8. The minimum absolute atomic E-state index is 0.745. The average Bonchev–Trinajstić information content (AvgIpc) is 3.04. The van der Waals surface area contributed by atoms with E-state index in [4.69, 9.17) is 0 Å². The first-order chi connectivity index (χ1) is 11.7. The van der Waals surface area contributed by atoms with E-state index in [-0.39, 0.29) is 0 Å². The van der Waals surface area contributed by atoms with Gasteiger partial charge < -0.3 is 5.32 Å². The molecule has 0 saturated heterocycles. The van der Waals surface area contributed by atoms with Crippen molar-refractivity contribution in [3.05, 3.63) is 53.3 Å². The van der Waals surface area contributed by atoms with Gasteiger partial charge in [-0.15, -0.1) is 0 Å². The Kier molecular flexibility index (Phi) is 6.50. The van der Waals surface area contributed by atoms with E-state index in [1.54, 1.807) is 16.0 Å². The summed E-state index contributed by atoms with van der Waals surface area (Å²) in [6.07, 6.45) is 15.5. The standard InChI is InChI=1S/C22H33NSi/c1-18(2)16-19-10-9-15-22(19)24(21-13-7-4-8-14-21)17-23-20-11-5-3-6-12-20/h4,7-10,13-14,18,20,23-24H,3,5-6,11-12,15-17H2,1-2H3. The molecule has 3 rings (SSSR count). The molecule has 1 unspecified atom stereocenters. The molecule has 2 heteroatoms. The maximum Gasteiger partial charge on any atom is 0.112 e.